The van der Waals surface area contributed by atoms with Gasteiger partial charge in [-0.2, -0.15) is 0 Å². The highest BCUT2D eigenvalue weighted by atomic mass is 35.5. The van der Waals surface area contributed by atoms with E-state index in [4.69, 9.17) is 0 Å². The van der Waals surface area contributed by atoms with Crippen molar-refractivity contribution < 1.29 is 4.79 Å². The third kappa shape index (κ3) is 3.54. The summed E-state index contributed by atoms with van der Waals surface area (Å²) in [5.41, 5.74) is 0.186. The summed E-state index contributed by atoms with van der Waals surface area (Å²) in [5, 5.41) is 6.58. The molecule has 2 rings (SSSR count). The monoisotopic (exact) mass is 317 g/mol. The minimum Gasteiger partial charge on any atom is -0.349 e. The average molecular weight is 318 g/mol. The van der Waals surface area contributed by atoms with E-state index >= 15 is 0 Å². The average Bonchev–Trinajstić information content (AvgIpc) is 2.89. The van der Waals surface area contributed by atoms with Crippen LogP contribution in [0.1, 0.15) is 40.0 Å². The molecule has 2 bridgehead atoms. The van der Waals surface area contributed by atoms with Gasteiger partial charge in [-0.15, -0.1) is 12.4 Å². The van der Waals surface area contributed by atoms with E-state index in [-0.39, 0.29) is 29.3 Å². The Hall–Kier alpha value is -0.320. The highest BCUT2D eigenvalue weighted by Crippen LogP contribution is 2.61. The Morgan fingerprint density at radius 3 is 2.33 bits per heavy atom. The number of nitrogens with zero attached hydrogens (tertiary/aromatic N) is 1. The summed E-state index contributed by atoms with van der Waals surface area (Å²) < 4.78 is 0. The van der Waals surface area contributed by atoms with Crippen LogP contribution in [-0.4, -0.2) is 50.1 Å². The van der Waals surface area contributed by atoms with Crippen molar-refractivity contribution in [3.05, 3.63) is 0 Å². The molecule has 0 aromatic rings. The topological polar surface area (TPSA) is 44.4 Å². The number of amides is 1. The van der Waals surface area contributed by atoms with Crippen molar-refractivity contribution in [1.29, 1.82) is 0 Å². The van der Waals surface area contributed by atoms with Crippen LogP contribution in [0.4, 0.5) is 0 Å². The Kier molecular flexibility index (Phi) is 6.10. The number of carbonyl (C=O) groups is 1. The predicted octanol–water partition coefficient (Wildman–Crippen LogP) is 1.89. The molecule has 2 aliphatic carbocycles. The summed E-state index contributed by atoms with van der Waals surface area (Å²) in [5.74, 6) is 1.58. The Morgan fingerprint density at radius 2 is 1.81 bits per heavy atom. The van der Waals surface area contributed by atoms with Gasteiger partial charge in [-0.25, -0.2) is 0 Å². The van der Waals surface area contributed by atoms with E-state index in [0.717, 1.165) is 19.0 Å². The number of fused-ring (bicyclic) bond motifs is 2. The van der Waals surface area contributed by atoms with E-state index in [9.17, 15) is 4.79 Å². The molecular weight excluding hydrogens is 286 g/mol. The first kappa shape index (κ1) is 18.7. The standard InChI is InChI=1S/C16H31N3O.ClH/c1-15(2)12-6-7-13(10-12)16(15,3)18-14(20)11-17-8-9-19(4)5;/h12-13,17H,6-11H2,1-5H3,(H,18,20);1H. The molecule has 0 aliphatic heterocycles. The molecule has 0 radical (unpaired) electrons. The Balaban J connectivity index is 0.00000220. The molecule has 2 aliphatic rings. The minimum absolute atomic E-state index is 0. The van der Waals surface area contributed by atoms with Crippen LogP contribution < -0.4 is 10.6 Å². The van der Waals surface area contributed by atoms with Crippen LogP contribution in [0.2, 0.25) is 0 Å². The van der Waals surface area contributed by atoms with Gasteiger partial charge in [-0.3, -0.25) is 4.79 Å². The zero-order valence-corrected chi connectivity index (χ0v) is 15.0. The Morgan fingerprint density at radius 1 is 1.19 bits per heavy atom. The molecule has 5 heteroatoms. The first-order valence-electron chi connectivity index (χ1n) is 7.94. The van der Waals surface area contributed by atoms with E-state index in [1.807, 2.05) is 14.1 Å². The van der Waals surface area contributed by atoms with Gasteiger partial charge in [0.1, 0.15) is 0 Å². The summed E-state index contributed by atoms with van der Waals surface area (Å²) in [6.45, 7) is 9.16. The molecule has 0 spiro atoms. The van der Waals surface area contributed by atoms with E-state index in [1.165, 1.54) is 19.3 Å². The van der Waals surface area contributed by atoms with Crippen LogP contribution in [0.3, 0.4) is 0 Å². The van der Waals surface area contributed by atoms with Crippen LogP contribution in [0.15, 0.2) is 0 Å². The van der Waals surface area contributed by atoms with Gasteiger partial charge >= 0.3 is 0 Å². The minimum atomic E-state index is -0.0315. The number of carbonyl (C=O) groups excluding carboxylic acids is 1. The third-order valence-electron chi connectivity index (χ3n) is 6.03. The number of halogens is 1. The molecular formula is C16H32ClN3O. The maximum Gasteiger partial charge on any atom is 0.234 e. The van der Waals surface area contributed by atoms with E-state index in [1.54, 1.807) is 0 Å². The quantitative estimate of drug-likeness (QED) is 0.735. The van der Waals surface area contributed by atoms with E-state index in [2.05, 4.69) is 36.3 Å². The van der Waals surface area contributed by atoms with Gasteiger partial charge in [0.05, 0.1) is 6.54 Å². The molecule has 21 heavy (non-hydrogen) atoms. The molecule has 3 unspecified atom stereocenters. The lowest BCUT2D eigenvalue weighted by Crippen LogP contribution is -2.60. The summed E-state index contributed by atoms with van der Waals surface area (Å²) in [7, 11) is 4.08. The highest BCUT2D eigenvalue weighted by molar-refractivity contribution is 5.85. The van der Waals surface area contributed by atoms with E-state index in [0.29, 0.717) is 12.5 Å². The molecule has 0 saturated heterocycles. The van der Waals surface area contributed by atoms with Gasteiger partial charge in [0.15, 0.2) is 0 Å². The lowest BCUT2D eigenvalue weighted by atomic mass is 9.64. The van der Waals surface area contributed by atoms with Gasteiger partial charge in [0.2, 0.25) is 5.91 Å². The van der Waals surface area contributed by atoms with Crippen molar-refractivity contribution in [3.63, 3.8) is 0 Å². The van der Waals surface area contributed by atoms with Crippen molar-refractivity contribution in [3.8, 4) is 0 Å². The second-order valence-electron chi connectivity index (χ2n) is 7.66. The molecule has 2 fully saturated rings. The largest absolute Gasteiger partial charge is 0.349 e. The van der Waals surface area contributed by atoms with Crippen LogP contribution in [0, 0.1) is 17.3 Å². The fourth-order valence-corrected chi connectivity index (χ4v) is 4.21. The van der Waals surface area contributed by atoms with Gasteiger partial charge in [0, 0.05) is 18.6 Å². The SMILES string of the molecule is CN(C)CCNCC(=O)NC1(C)C2CCC(C2)C1(C)C.Cl. The zero-order valence-electron chi connectivity index (χ0n) is 14.2. The first-order chi connectivity index (χ1) is 9.27. The predicted molar refractivity (Wildman–Crippen MR) is 89.8 cm³/mol. The van der Waals surface area contributed by atoms with Crippen molar-refractivity contribution in [2.45, 2.75) is 45.6 Å². The normalized spacial score (nSPS) is 33.0. The summed E-state index contributed by atoms with van der Waals surface area (Å²) in [6.07, 6.45) is 3.90. The number of nitrogens with one attached hydrogen (secondary N) is 2. The van der Waals surface area contributed by atoms with Crippen LogP contribution in [-0.2, 0) is 4.79 Å². The van der Waals surface area contributed by atoms with Crippen molar-refractivity contribution >= 4 is 18.3 Å². The van der Waals surface area contributed by atoms with Crippen molar-refractivity contribution in [1.82, 2.24) is 15.5 Å². The zero-order chi connectivity index (χ0) is 15.0. The molecule has 3 atom stereocenters. The lowest BCUT2D eigenvalue weighted by molar-refractivity contribution is -0.124. The van der Waals surface area contributed by atoms with Gasteiger partial charge in [-0.1, -0.05) is 13.8 Å². The molecule has 0 aromatic heterocycles. The Bertz CT molecular complexity index is 373. The van der Waals surface area contributed by atoms with Crippen LogP contribution >= 0.6 is 12.4 Å². The number of likely N-dealkylation sites (N-methyl/N-ethyl adjacent to an activating group) is 1. The molecule has 1 amide bonds. The molecule has 0 heterocycles. The fraction of sp³-hybridized carbons (Fsp3) is 0.938. The smallest absolute Gasteiger partial charge is 0.234 e. The molecule has 124 valence electrons. The molecule has 4 nitrogen and oxygen atoms in total. The molecule has 0 aromatic carbocycles. The van der Waals surface area contributed by atoms with Gasteiger partial charge < -0.3 is 15.5 Å². The third-order valence-corrected chi connectivity index (χ3v) is 6.03. The first-order valence-corrected chi connectivity index (χ1v) is 7.94. The second-order valence-corrected chi connectivity index (χ2v) is 7.66. The number of rotatable bonds is 6. The van der Waals surface area contributed by atoms with Crippen molar-refractivity contribution in [2.24, 2.45) is 17.3 Å². The Labute approximate surface area is 135 Å². The van der Waals surface area contributed by atoms with Gasteiger partial charge in [0.25, 0.3) is 0 Å². The van der Waals surface area contributed by atoms with Gasteiger partial charge in [-0.05, 0) is 57.5 Å². The fourth-order valence-electron chi connectivity index (χ4n) is 4.21. The van der Waals surface area contributed by atoms with Crippen LogP contribution in [0.25, 0.3) is 0 Å². The number of hydrogen-bond donors (Lipinski definition) is 2. The van der Waals surface area contributed by atoms with E-state index < -0.39 is 0 Å². The summed E-state index contributed by atoms with van der Waals surface area (Å²) >= 11 is 0. The van der Waals surface area contributed by atoms with Crippen LogP contribution in [0.5, 0.6) is 0 Å². The summed E-state index contributed by atoms with van der Waals surface area (Å²) in [4.78, 5) is 14.3. The molecule has 2 saturated carbocycles. The molecule has 2 N–H and O–H groups in total. The second kappa shape index (κ2) is 6.84. The summed E-state index contributed by atoms with van der Waals surface area (Å²) in [6, 6.07) is 0. The number of hydrogen-bond acceptors (Lipinski definition) is 3. The van der Waals surface area contributed by atoms with Crippen molar-refractivity contribution in [2.75, 3.05) is 33.7 Å². The maximum absolute atomic E-state index is 12.2. The lowest BCUT2D eigenvalue weighted by Gasteiger charge is -2.48. The maximum atomic E-state index is 12.2. The highest BCUT2D eigenvalue weighted by Gasteiger charge is 2.60.